The Labute approximate surface area is 130 Å². The number of nitrogens with one attached hydrogen (secondary N) is 1. The van der Waals surface area contributed by atoms with Gasteiger partial charge in [-0.15, -0.1) is 11.3 Å². The maximum atomic E-state index is 4.45. The molecule has 114 valence electrons. The van der Waals surface area contributed by atoms with E-state index in [1.165, 1.54) is 30.6 Å². The molecule has 1 aliphatic rings. The Hall–Kier alpha value is -1.20. The SMILES string of the molecule is CNC(Cc1ncnn1C(C)C)c1cc2c(s1)CCCC2. The molecule has 0 bridgehead atoms. The Bertz CT molecular complexity index is 576. The highest BCUT2D eigenvalue weighted by Crippen LogP contribution is 2.33. The summed E-state index contributed by atoms with van der Waals surface area (Å²) in [5.74, 6) is 1.07. The topological polar surface area (TPSA) is 42.7 Å². The van der Waals surface area contributed by atoms with Crippen LogP contribution in [0.25, 0.3) is 0 Å². The summed E-state index contributed by atoms with van der Waals surface area (Å²) in [6.07, 6.45) is 7.77. The third kappa shape index (κ3) is 3.04. The molecular weight excluding hydrogens is 280 g/mol. The van der Waals surface area contributed by atoms with E-state index in [0.29, 0.717) is 12.1 Å². The van der Waals surface area contributed by atoms with Crippen LogP contribution in [0, 0.1) is 0 Å². The van der Waals surface area contributed by atoms with Gasteiger partial charge in [0.1, 0.15) is 12.2 Å². The quantitative estimate of drug-likeness (QED) is 0.921. The molecule has 0 fully saturated rings. The molecule has 0 amide bonds. The van der Waals surface area contributed by atoms with Crippen LogP contribution >= 0.6 is 11.3 Å². The number of aromatic nitrogens is 3. The normalized spacial score (nSPS) is 16.2. The molecule has 1 N–H and O–H groups in total. The van der Waals surface area contributed by atoms with Gasteiger partial charge in [0, 0.05) is 28.3 Å². The lowest BCUT2D eigenvalue weighted by molar-refractivity contribution is 0.480. The first kappa shape index (κ1) is 14.7. The predicted octanol–water partition coefficient (Wildman–Crippen LogP) is 3.30. The van der Waals surface area contributed by atoms with E-state index < -0.39 is 0 Å². The lowest BCUT2D eigenvalue weighted by atomic mass is 9.98. The minimum Gasteiger partial charge on any atom is -0.312 e. The summed E-state index contributed by atoms with van der Waals surface area (Å²) >= 11 is 1.98. The molecule has 4 nitrogen and oxygen atoms in total. The molecule has 1 aliphatic carbocycles. The fourth-order valence-corrected chi connectivity index (χ4v) is 4.43. The molecule has 3 rings (SSSR count). The van der Waals surface area contributed by atoms with Crippen molar-refractivity contribution in [1.82, 2.24) is 20.1 Å². The molecule has 0 radical (unpaired) electrons. The van der Waals surface area contributed by atoms with Crippen molar-refractivity contribution < 1.29 is 0 Å². The highest BCUT2D eigenvalue weighted by atomic mass is 32.1. The number of hydrogen-bond donors (Lipinski definition) is 1. The molecule has 0 aliphatic heterocycles. The summed E-state index contributed by atoms with van der Waals surface area (Å²) in [5.41, 5.74) is 1.58. The lowest BCUT2D eigenvalue weighted by Crippen LogP contribution is -2.20. The zero-order chi connectivity index (χ0) is 14.8. The number of rotatable bonds is 5. The van der Waals surface area contributed by atoms with Gasteiger partial charge in [0.05, 0.1) is 0 Å². The molecule has 1 atom stereocenters. The van der Waals surface area contributed by atoms with E-state index in [9.17, 15) is 0 Å². The van der Waals surface area contributed by atoms with Crippen LogP contribution in [0.1, 0.15) is 59.9 Å². The van der Waals surface area contributed by atoms with Gasteiger partial charge in [-0.05, 0) is 58.2 Å². The number of fused-ring (bicyclic) bond motifs is 1. The van der Waals surface area contributed by atoms with E-state index in [4.69, 9.17) is 0 Å². The van der Waals surface area contributed by atoms with E-state index in [1.54, 1.807) is 16.8 Å². The van der Waals surface area contributed by atoms with Gasteiger partial charge in [0.15, 0.2) is 0 Å². The van der Waals surface area contributed by atoms with Gasteiger partial charge in [-0.25, -0.2) is 9.67 Å². The molecule has 0 saturated carbocycles. The largest absolute Gasteiger partial charge is 0.312 e. The van der Waals surface area contributed by atoms with E-state index >= 15 is 0 Å². The Kier molecular flexibility index (Phi) is 4.40. The first-order valence-corrected chi connectivity index (χ1v) is 8.67. The number of likely N-dealkylation sites (N-methyl/N-ethyl adjacent to an activating group) is 1. The molecule has 0 spiro atoms. The third-order valence-electron chi connectivity index (χ3n) is 4.23. The number of hydrogen-bond acceptors (Lipinski definition) is 4. The average Bonchev–Trinajstić information content (AvgIpc) is 3.10. The minimum atomic E-state index is 0.335. The van der Waals surface area contributed by atoms with Crippen LogP contribution in [0.3, 0.4) is 0 Å². The highest BCUT2D eigenvalue weighted by Gasteiger charge is 2.20. The van der Waals surface area contributed by atoms with Crippen LogP contribution < -0.4 is 5.32 Å². The minimum absolute atomic E-state index is 0.335. The van der Waals surface area contributed by atoms with Crippen molar-refractivity contribution in [2.75, 3.05) is 7.05 Å². The van der Waals surface area contributed by atoms with Crippen molar-refractivity contribution in [1.29, 1.82) is 0 Å². The Morgan fingerprint density at radius 3 is 2.86 bits per heavy atom. The molecule has 2 heterocycles. The Balaban J connectivity index is 1.81. The fraction of sp³-hybridized carbons (Fsp3) is 0.625. The first-order valence-electron chi connectivity index (χ1n) is 7.86. The van der Waals surface area contributed by atoms with Crippen LogP contribution in [-0.4, -0.2) is 21.8 Å². The number of aryl methyl sites for hydroxylation is 2. The van der Waals surface area contributed by atoms with Gasteiger partial charge in [-0.1, -0.05) is 0 Å². The van der Waals surface area contributed by atoms with Gasteiger partial charge in [-0.3, -0.25) is 0 Å². The predicted molar refractivity (Wildman–Crippen MR) is 86.9 cm³/mol. The molecule has 0 aromatic carbocycles. The monoisotopic (exact) mass is 304 g/mol. The molecule has 2 aromatic heterocycles. The van der Waals surface area contributed by atoms with Gasteiger partial charge in [-0.2, -0.15) is 5.10 Å². The zero-order valence-corrected chi connectivity index (χ0v) is 13.9. The summed E-state index contributed by atoms with van der Waals surface area (Å²) < 4.78 is 2.03. The van der Waals surface area contributed by atoms with Crippen LogP contribution in [-0.2, 0) is 19.3 Å². The summed E-state index contributed by atoms with van der Waals surface area (Å²) in [6.45, 7) is 4.30. The van der Waals surface area contributed by atoms with Crippen molar-refractivity contribution >= 4 is 11.3 Å². The third-order valence-corrected chi connectivity index (χ3v) is 5.58. The smallest absolute Gasteiger partial charge is 0.138 e. The summed E-state index contributed by atoms with van der Waals surface area (Å²) in [7, 11) is 2.04. The molecule has 21 heavy (non-hydrogen) atoms. The van der Waals surface area contributed by atoms with E-state index in [1.807, 2.05) is 23.1 Å². The first-order chi connectivity index (χ1) is 10.2. The summed E-state index contributed by atoms with van der Waals surface area (Å²) in [6, 6.07) is 3.11. The fourth-order valence-electron chi connectivity index (χ4n) is 3.06. The van der Waals surface area contributed by atoms with Crippen LogP contribution in [0.15, 0.2) is 12.4 Å². The van der Waals surface area contributed by atoms with E-state index in [-0.39, 0.29) is 0 Å². The summed E-state index contributed by atoms with van der Waals surface area (Å²) in [4.78, 5) is 7.49. The van der Waals surface area contributed by atoms with Gasteiger partial charge < -0.3 is 5.32 Å². The maximum Gasteiger partial charge on any atom is 0.138 e. The number of thiophene rings is 1. The second-order valence-corrected chi connectivity index (χ2v) is 7.23. The van der Waals surface area contributed by atoms with Crippen LogP contribution in [0.2, 0.25) is 0 Å². The van der Waals surface area contributed by atoms with Gasteiger partial charge >= 0.3 is 0 Å². The Morgan fingerprint density at radius 2 is 2.14 bits per heavy atom. The maximum absolute atomic E-state index is 4.45. The molecular formula is C16H24N4S. The molecule has 1 unspecified atom stereocenters. The second-order valence-electron chi connectivity index (χ2n) is 6.06. The van der Waals surface area contributed by atoms with Gasteiger partial charge in [0.25, 0.3) is 0 Å². The average molecular weight is 304 g/mol. The van der Waals surface area contributed by atoms with Crippen molar-refractivity contribution in [2.45, 2.75) is 58.0 Å². The van der Waals surface area contributed by atoms with E-state index in [2.05, 4.69) is 35.3 Å². The molecule has 5 heteroatoms. The molecule has 0 saturated heterocycles. The highest BCUT2D eigenvalue weighted by molar-refractivity contribution is 7.12. The second kappa shape index (κ2) is 6.28. The van der Waals surface area contributed by atoms with Crippen molar-refractivity contribution in [3.63, 3.8) is 0 Å². The van der Waals surface area contributed by atoms with Crippen molar-refractivity contribution in [3.8, 4) is 0 Å². The number of nitrogens with zero attached hydrogens (tertiary/aromatic N) is 3. The zero-order valence-electron chi connectivity index (χ0n) is 13.1. The van der Waals surface area contributed by atoms with Crippen LogP contribution in [0.5, 0.6) is 0 Å². The standard InChI is InChI=1S/C16H24N4S/c1-11(2)20-16(18-10-19-20)9-13(17-3)15-8-12-6-4-5-7-14(12)21-15/h8,10-11,13,17H,4-7,9H2,1-3H3. The van der Waals surface area contributed by atoms with E-state index in [0.717, 1.165) is 12.2 Å². The summed E-state index contributed by atoms with van der Waals surface area (Å²) in [5, 5.41) is 7.80. The molecule has 2 aromatic rings. The van der Waals surface area contributed by atoms with Crippen molar-refractivity contribution in [3.05, 3.63) is 33.5 Å². The Morgan fingerprint density at radius 1 is 1.33 bits per heavy atom. The lowest BCUT2D eigenvalue weighted by Gasteiger charge is -2.16. The van der Waals surface area contributed by atoms with Crippen LogP contribution in [0.4, 0.5) is 0 Å². The van der Waals surface area contributed by atoms with Crippen molar-refractivity contribution in [2.24, 2.45) is 0 Å². The van der Waals surface area contributed by atoms with Gasteiger partial charge in [0.2, 0.25) is 0 Å².